The third kappa shape index (κ3) is 6.23. The summed E-state index contributed by atoms with van der Waals surface area (Å²) in [5.74, 6) is 0.349. The lowest BCUT2D eigenvalue weighted by atomic mass is 10.2. The summed E-state index contributed by atoms with van der Waals surface area (Å²) in [6.45, 7) is 6.32. The fourth-order valence-corrected chi connectivity index (χ4v) is 3.23. The minimum absolute atomic E-state index is 0.119. The van der Waals surface area contributed by atoms with Crippen LogP contribution in [0.25, 0.3) is 0 Å². The van der Waals surface area contributed by atoms with Crippen molar-refractivity contribution in [2.24, 2.45) is 0 Å². The standard InChI is InChI=1S/C20H24N2O4S/c1-3-5-14-26-18-8-6-7-16(15-18)20(23)22-17-9-11-19(12-10-17)27(24,25)21-13-4-2/h4,6-12,15,21H,2-3,5,13-14H2,1H3,(H,22,23). The molecule has 0 spiro atoms. The van der Waals surface area contributed by atoms with Gasteiger partial charge in [-0.3, -0.25) is 4.79 Å². The third-order valence-electron chi connectivity index (χ3n) is 3.70. The molecule has 0 atom stereocenters. The molecule has 0 unspecified atom stereocenters. The molecule has 144 valence electrons. The van der Waals surface area contributed by atoms with Crippen LogP contribution in [0, 0.1) is 0 Å². The lowest BCUT2D eigenvalue weighted by Crippen LogP contribution is -2.23. The van der Waals surface area contributed by atoms with E-state index in [-0.39, 0.29) is 17.3 Å². The fourth-order valence-electron chi connectivity index (χ4n) is 2.23. The van der Waals surface area contributed by atoms with Gasteiger partial charge in [0.25, 0.3) is 5.91 Å². The van der Waals surface area contributed by atoms with E-state index in [9.17, 15) is 13.2 Å². The van der Waals surface area contributed by atoms with Crippen LogP contribution in [-0.2, 0) is 10.0 Å². The van der Waals surface area contributed by atoms with E-state index in [0.717, 1.165) is 12.8 Å². The second-order valence-corrected chi connectivity index (χ2v) is 7.62. The summed E-state index contributed by atoms with van der Waals surface area (Å²) in [5, 5.41) is 2.75. The lowest BCUT2D eigenvalue weighted by Gasteiger charge is -2.09. The number of hydrogen-bond donors (Lipinski definition) is 2. The van der Waals surface area contributed by atoms with Crippen molar-refractivity contribution >= 4 is 21.6 Å². The molecule has 0 aliphatic carbocycles. The average molecular weight is 388 g/mol. The highest BCUT2D eigenvalue weighted by Crippen LogP contribution is 2.17. The summed E-state index contributed by atoms with van der Waals surface area (Å²) in [7, 11) is -3.59. The zero-order valence-corrected chi connectivity index (χ0v) is 16.1. The zero-order chi connectivity index (χ0) is 19.7. The van der Waals surface area contributed by atoms with E-state index in [2.05, 4.69) is 23.5 Å². The van der Waals surface area contributed by atoms with Gasteiger partial charge in [-0.05, 0) is 48.9 Å². The van der Waals surface area contributed by atoms with Crippen molar-refractivity contribution in [2.45, 2.75) is 24.7 Å². The molecule has 2 rings (SSSR count). The number of unbranched alkanes of at least 4 members (excludes halogenated alkanes) is 1. The molecule has 2 aromatic rings. The molecule has 27 heavy (non-hydrogen) atoms. The second kappa shape index (κ2) is 9.89. The number of benzene rings is 2. The Kier molecular flexibility index (Phi) is 7.57. The Labute approximate surface area is 160 Å². The van der Waals surface area contributed by atoms with Crippen molar-refractivity contribution in [3.8, 4) is 5.75 Å². The minimum Gasteiger partial charge on any atom is -0.494 e. The zero-order valence-electron chi connectivity index (χ0n) is 15.3. The summed E-state index contributed by atoms with van der Waals surface area (Å²) in [4.78, 5) is 12.5. The van der Waals surface area contributed by atoms with Gasteiger partial charge in [-0.1, -0.05) is 25.5 Å². The number of nitrogens with one attached hydrogen (secondary N) is 2. The molecule has 0 aromatic heterocycles. The summed E-state index contributed by atoms with van der Waals surface area (Å²) in [6, 6.07) is 12.9. The van der Waals surface area contributed by atoms with Crippen LogP contribution < -0.4 is 14.8 Å². The SMILES string of the molecule is C=CCNS(=O)(=O)c1ccc(NC(=O)c2cccc(OCCCC)c2)cc1. The number of carbonyl (C=O) groups excluding carboxylic acids is 1. The molecule has 7 heteroatoms. The Morgan fingerprint density at radius 3 is 2.59 bits per heavy atom. The van der Waals surface area contributed by atoms with Gasteiger partial charge in [-0.15, -0.1) is 6.58 Å². The Balaban J connectivity index is 2.03. The van der Waals surface area contributed by atoms with Crippen LogP contribution in [0.4, 0.5) is 5.69 Å². The highest BCUT2D eigenvalue weighted by Gasteiger charge is 2.13. The monoisotopic (exact) mass is 388 g/mol. The van der Waals surface area contributed by atoms with Gasteiger partial charge < -0.3 is 10.1 Å². The smallest absolute Gasteiger partial charge is 0.255 e. The molecular formula is C20H24N2O4S. The highest BCUT2D eigenvalue weighted by molar-refractivity contribution is 7.89. The molecular weight excluding hydrogens is 364 g/mol. The van der Waals surface area contributed by atoms with Crippen molar-refractivity contribution in [2.75, 3.05) is 18.5 Å². The quantitative estimate of drug-likeness (QED) is 0.481. The molecule has 0 saturated heterocycles. The second-order valence-electron chi connectivity index (χ2n) is 5.85. The average Bonchev–Trinajstić information content (AvgIpc) is 2.67. The number of rotatable bonds is 10. The maximum Gasteiger partial charge on any atom is 0.255 e. The number of sulfonamides is 1. The first-order chi connectivity index (χ1) is 13.0. The first-order valence-corrected chi connectivity index (χ1v) is 10.2. The Hall–Kier alpha value is -2.64. The third-order valence-corrected chi connectivity index (χ3v) is 5.14. The lowest BCUT2D eigenvalue weighted by molar-refractivity contribution is 0.102. The molecule has 1 amide bonds. The van der Waals surface area contributed by atoms with Gasteiger partial charge in [0, 0.05) is 17.8 Å². The van der Waals surface area contributed by atoms with Crippen molar-refractivity contribution < 1.29 is 17.9 Å². The van der Waals surface area contributed by atoms with Gasteiger partial charge in [0.1, 0.15) is 5.75 Å². The summed E-state index contributed by atoms with van der Waals surface area (Å²) in [5.41, 5.74) is 0.966. The van der Waals surface area contributed by atoms with E-state index in [1.807, 2.05) is 6.07 Å². The predicted molar refractivity (Wildman–Crippen MR) is 107 cm³/mol. The molecule has 0 aliphatic rings. The van der Waals surface area contributed by atoms with Gasteiger partial charge >= 0.3 is 0 Å². The topological polar surface area (TPSA) is 84.5 Å². The van der Waals surface area contributed by atoms with Crippen molar-refractivity contribution in [1.29, 1.82) is 0 Å². The van der Waals surface area contributed by atoms with Crippen LogP contribution in [0.3, 0.4) is 0 Å². The molecule has 2 aromatic carbocycles. The van der Waals surface area contributed by atoms with Crippen molar-refractivity contribution in [3.05, 3.63) is 66.7 Å². The number of hydrogen-bond acceptors (Lipinski definition) is 4. The summed E-state index contributed by atoms with van der Waals surface area (Å²) >= 11 is 0. The summed E-state index contributed by atoms with van der Waals surface area (Å²) in [6.07, 6.45) is 3.45. The van der Waals surface area contributed by atoms with Crippen molar-refractivity contribution in [1.82, 2.24) is 4.72 Å². The van der Waals surface area contributed by atoms with Crippen LogP contribution in [0.15, 0.2) is 66.1 Å². The van der Waals surface area contributed by atoms with Crippen LogP contribution in [0.2, 0.25) is 0 Å². The van der Waals surface area contributed by atoms with Gasteiger partial charge in [-0.2, -0.15) is 0 Å². The molecule has 0 aliphatic heterocycles. The molecule has 2 N–H and O–H groups in total. The maximum absolute atomic E-state index is 12.4. The van der Waals surface area contributed by atoms with Crippen molar-refractivity contribution in [3.63, 3.8) is 0 Å². The Bertz CT molecular complexity index is 877. The Morgan fingerprint density at radius 2 is 1.93 bits per heavy atom. The van der Waals surface area contributed by atoms with E-state index >= 15 is 0 Å². The molecule has 0 fully saturated rings. The van der Waals surface area contributed by atoms with E-state index in [4.69, 9.17) is 4.74 Å². The Morgan fingerprint density at radius 1 is 1.19 bits per heavy atom. The first-order valence-electron chi connectivity index (χ1n) is 8.71. The van der Waals surface area contributed by atoms with Crippen LogP contribution in [0.1, 0.15) is 30.1 Å². The van der Waals surface area contributed by atoms with E-state index in [1.165, 1.54) is 18.2 Å². The van der Waals surface area contributed by atoms with Crippen LogP contribution >= 0.6 is 0 Å². The summed E-state index contributed by atoms with van der Waals surface area (Å²) < 4.78 is 32.1. The van der Waals surface area contributed by atoms with Gasteiger partial charge in [0.05, 0.1) is 11.5 Å². The molecule has 0 radical (unpaired) electrons. The number of amides is 1. The predicted octanol–water partition coefficient (Wildman–Crippen LogP) is 3.58. The van der Waals surface area contributed by atoms with Gasteiger partial charge in [0.15, 0.2) is 0 Å². The van der Waals surface area contributed by atoms with E-state index in [1.54, 1.807) is 30.3 Å². The minimum atomic E-state index is -3.59. The number of carbonyl (C=O) groups is 1. The molecule has 0 saturated carbocycles. The van der Waals surface area contributed by atoms with Gasteiger partial charge in [0.2, 0.25) is 10.0 Å². The largest absolute Gasteiger partial charge is 0.494 e. The maximum atomic E-state index is 12.4. The number of ether oxygens (including phenoxy) is 1. The normalized spacial score (nSPS) is 11.0. The molecule has 0 heterocycles. The first kappa shape index (κ1) is 20.7. The fraction of sp³-hybridized carbons (Fsp3) is 0.250. The van der Waals surface area contributed by atoms with Crippen LogP contribution in [0.5, 0.6) is 5.75 Å². The van der Waals surface area contributed by atoms with Gasteiger partial charge in [-0.25, -0.2) is 13.1 Å². The van der Waals surface area contributed by atoms with E-state index in [0.29, 0.717) is 23.6 Å². The molecule has 0 bridgehead atoms. The highest BCUT2D eigenvalue weighted by atomic mass is 32.2. The van der Waals surface area contributed by atoms with Crippen LogP contribution in [-0.4, -0.2) is 27.5 Å². The van der Waals surface area contributed by atoms with E-state index < -0.39 is 10.0 Å². The number of anilines is 1. The molecule has 6 nitrogen and oxygen atoms in total.